The smallest absolute Gasteiger partial charge is 1.00 e. The van der Waals surface area contributed by atoms with Gasteiger partial charge in [-0.2, -0.15) is 0 Å². The summed E-state index contributed by atoms with van der Waals surface area (Å²) in [5, 5.41) is 0. The van der Waals surface area contributed by atoms with E-state index in [0.29, 0.717) is 0 Å². The Morgan fingerprint density at radius 1 is 1.20 bits per heavy atom. The van der Waals surface area contributed by atoms with E-state index in [1.54, 1.807) is 0 Å². The van der Waals surface area contributed by atoms with Crippen LogP contribution in [0.4, 0.5) is 0 Å². The van der Waals surface area contributed by atoms with Crippen molar-refractivity contribution < 1.29 is 39.0 Å². The second-order valence-electron chi connectivity index (χ2n) is 1.33. The third kappa shape index (κ3) is 6.62. The first kappa shape index (κ1) is 13.1. The fraction of sp³-hybridized carbons (Fsp3) is 1.00. The second-order valence-corrected chi connectivity index (χ2v) is 1.33. The van der Waals surface area contributed by atoms with Crippen molar-refractivity contribution in [2.45, 2.75) is 0 Å². The average molecular weight is 142 g/mol. The molecule has 0 aliphatic heterocycles. The molecule has 0 saturated carbocycles. The van der Waals surface area contributed by atoms with Crippen molar-refractivity contribution in [1.82, 2.24) is 0 Å². The van der Waals surface area contributed by atoms with Crippen molar-refractivity contribution >= 4 is 7.32 Å². The molecule has 4 nitrogen and oxygen atoms in total. The molecule has 0 aliphatic rings. The molecule has 0 bridgehead atoms. The summed E-state index contributed by atoms with van der Waals surface area (Å²) in [6.45, 7) is 0.173. The molecule has 10 heavy (non-hydrogen) atoms. The molecule has 56 valence electrons. The molecule has 0 amide bonds. The standard InChI is InChI=1S/C4H11BO4.Li.H/c1-6-4-9-5(7-2)8-3;;/h4H2,1-3H3;;/q;+1;-1. The van der Waals surface area contributed by atoms with Crippen molar-refractivity contribution in [3.05, 3.63) is 0 Å². The molecule has 0 saturated heterocycles. The zero-order valence-electron chi connectivity index (χ0n) is 7.92. The van der Waals surface area contributed by atoms with Crippen LogP contribution in [-0.4, -0.2) is 35.4 Å². The van der Waals surface area contributed by atoms with Gasteiger partial charge in [0, 0.05) is 21.3 Å². The van der Waals surface area contributed by atoms with Crippen molar-refractivity contribution in [2.75, 3.05) is 28.1 Å². The second kappa shape index (κ2) is 9.50. The minimum absolute atomic E-state index is 0. The SMILES string of the molecule is COCOB(OC)OC.[H-].[Li+]. The Labute approximate surface area is 75.0 Å². The van der Waals surface area contributed by atoms with Crippen LogP contribution in [0.2, 0.25) is 0 Å². The minimum atomic E-state index is -0.620. The molecule has 0 aromatic heterocycles. The normalized spacial score (nSPS) is 8.70. The van der Waals surface area contributed by atoms with Crippen molar-refractivity contribution in [1.29, 1.82) is 0 Å². The van der Waals surface area contributed by atoms with E-state index in [1.165, 1.54) is 21.3 Å². The van der Waals surface area contributed by atoms with E-state index in [9.17, 15) is 0 Å². The van der Waals surface area contributed by atoms with Gasteiger partial charge in [0.15, 0.2) is 0 Å². The Morgan fingerprint density at radius 3 is 2.00 bits per heavy atom. The number of methoxy groups -OCH3 is 1. The molecule has 0 unspecified atom stereocenters. The third-order valence-corrected chi connectivity index (χ3v) is 0.707. The molecule has 0 fully saturated rings. The van der Waals surface area contributed by atoms with E-state index < -0.39 is 7.32 Å². The zero-order chi connectivity index (χ0) is 7.11. The Balaban J connectivity index is -0.000000320. The fourth-order valence-electron chi connectivity index (χ4n) is 0.356. The van der Waals surface area contributed by atoms with Gasteiger partial charge in [0.1, 0.15) is 6.79 Å². The first-order valence-electron chi connectivity index (χ1n) is 2.51. The summed E-state index contributed by atoms with van der Waals surface area (Å²) < 4.78 is 18.8. The Bertz CT molecular complexity index is 66.1. The Hall–Kier alpha value is 0.502. The molecule has 0 radical (unpaired) electrons. The van der Waals surface area contributed by atoms with E-state index in [0.717, 1.165) is 0 Å². The molecule has 0 rings (SSSR count). The van der Waals surface area contributed by atoms with Gasteiger partial charge >= 0.3 is 26.2 Å². The van der Waals surface area contributed by atoms with Gasteiger partial charge in [0.25, 0.3) is 0 Å². The van der Waals surface area contributed by atoms with Crippen molar-refractivity contribution in [2.24, 2.45) is 0 Å². The minimum Gasteiger partial charge on any atom is -1.00 e. The molecule has 0 spiro atoms. The monoisotopic (exact) mass is 142 g/mol. The van der Waals surface area contributed by atoms with Gasteiger partial charge in [0.05, 0.1) is 0 Å². The molecule has 0 heterocycles. The topological polar surface area (TPSA) is 36.9 Å². The molecule has 0 N–H and O–H groups in total. The summed E-state index contributed by atoms with van der Waals surface area (Å²) >= 11 is 0. The van der Waals surface area contributed by atoms with Crippen molar-refractivity contribution in [3.63, 3.8) is 0 Å². The van der Waals surface area contributed by atoms with Gasteiger partial charge in [-0.25, -0.2) is 0 Å². The summed E-state index contributed by atoms with van der Waals surface area (Å²) in [6.07, 6.45) is 0. The van der Waals surface area contributed by atoms with Gasteiger partial charge in [-0.15, -0.1) is 0 Å². The number of ether oxygens (including phenoxy) is 1. The largest absolute Gasteiger partial charge is 1.00 e. The molecule has 0 aromatic carbocycles. The van der Waals surface area contributed by atoms with Gasteiger partial charge in [-0.1, -0.05) is 0 Å². The molecular formula is C4H12BLiO4. The summed E-state index contributed by atoms with van der Waals surface area (Å²) in [5.41, 5.74) is 0. The molecular weight excluding hydrogens is 130 g/mol. The number of hydrogen-bond donors (Lipinski definition) is 0. The van der Waals surface area contributed by atoms with Crippen LogP contribution in [0.5, 0.6) is 0 Å². The summed E-state index contributed by atoms with van der Waals surface area (Å²) in [5.74, 6) is 0. The molecule has 0 aromatic rings. The summed E-state index contributed by atoms with van der Waals surface area (Å²) in [7, 11) is 3.89. The quantitative estimate of drug-likeness (QED) is 0.302. The van der Waals surface area contributed by atoms with Crippen LogP contribution in [0.25, 0.3) is 0 Å². The first-order chi connectivity index (χ1) is 4.35. The number of rotatable bonds is 5. The fourth-order valence-corrected chi connectivity index (χ4v) is 0.356. The molecule has 0 aliphatic carbocycles. The van der Waals surface area contributed by atoms with Crippen LogP contribution < -0.4 is 18.9 Å². The van der Waals surface area contributed by atoms with Gasteiger partial charge < -0.3 is 20.1 Å². The Morgan fingerprint density at radius 2 is 1.70 bits per heavy atom. The average Bonchev–Trinajstić information content (AvgIpc) is 1.91. The van der Waals surface area contributed by atoms with E-state index in [-0.39, 0.29) is 27.1 Å². The summed E-state index contributed by atoms with van der Waals surface area (Å²) in [4.78, 5) is 0. The maximum Gasteiger partial charge on any atom is 1.00 e. The van der Waals surface area contributed by atoms with Crippen LogP contribution in [0.15, 0.2) is 0 Å². The summed E-state index contributed by atoms with van der Waals surface area (Å²) in [6, 6.07) is 0. The van der Waals surface area contributed by atoms with Crippen LogP contribution in [0, 0.1) is 0 Å². The van der Waals surface area contributed by atoms with Gasteiger partial charge in [0.2, 0.25) is 0 Å². The Kier molecular flexibility index (Phi) is 12.5. The number of hydrogen-bond acceptors (Lipinski definition) is 4. The van der Waals surface area contributed by atoms with Crippen LogP contribution in [-0.2, 0) is 18.7 Å². The van der Waals surface area contributed by atoms with Crippen LogP contribution >= 0.6 is 0 Å². The van der Waals surface area contributed by atoms with Gasteiger partial charge in [-0.3, -0.25) is 0 Å². The maximum absolute atomic E-state index is 4.82. The van der Waals surface area contributed by atoms with E-state index in [1.807, 2.05) is 0 Å². The van der Waals surface area contributed by atoms with Crippen LogP contribution in [0.3, 0.4) is 0 Å². The van der Waals surface area contributed by atoms with Gasteiger partial charge in [-0.05, 0) is 0 Å². The van der Waals surface area contributed by atoms with Crippen molar-refractivity contribution in [3.8, 4) is 0 Å². The predicted octanol–water partition coefficient (Wildman–Crippen LogP) is -3.00. The van der Waals surface area contributed by atoms with E-state index in [4.69, 9.17) is 4.65 Å². The van der Waals surface area contributed by atoms with E-state index >= 15 is 0 Å². The predicted molar refractivity (Wildman–Crippen MR) is 33.8 cm³/mol. The molecule has 6 heteroatoms. The zero-order valence-corrected chi connectivity index (χ0v) is 6.92. The maximum atomic E-state index is 4.82. The van der Waals surface area contributed by atoms with E-state index in [2.05, 4.69) is 14.0 Å². The molecule has 0 atom stereocenters. The first-order valence-corrected chi connectivity index (χ1v) is 2.51. The third-order valence-electron chi connectivity index (χ3n) is 0.707. The van der Waals surface area contributed by atoms with Crippen LogP contribution in [0.1, 0.15) is 1.43 Å².